The van der Waals surface area contributed by atoms with Crippen LogP contribution in [0.1, 0.15) is 56.7 Å². The molecule has 2 saturated heterocycles. The van der Waals surface area contributed by atoms with Gasteiger partial charge in [0.05, 0.1) is 23.3 Å². The van der Waals surface area contributed by atoms with E-state index in [1.165, 1.54) is 24.3 Å². The van der Waals surface area contributed by atoms with Crippen molar-refractivity contribution in [3.63, 3.8) is 0 Å². The average molecular weight is 737 g/mol. The van der Waals surface area contributed by atoms with E-state index in [4.69, 9.17) is 25.9 Å². The molecule has 53 heavy (non-hydrogen) atoms. The lowest BCUT2D eigenvalue weighted by atomic mass is 9.89. The first-order valence-corrected chi connectivity index (χ1v) is 18.2. The Morgan fingerprint density at radius 3 is 2.53 bits per heavy atom. The third kappa shape index (κ3) is 6.20. The number of likely N-dealkylation sites (tertiary alicyclic amines) is 1. The van der Waals surface area contributed by atoms with Gasteiger partial charge in [0.25, 0.3) is 0 Å². The van der Waals surface area contributed by atoms with Crippen molar-refractivity contribution in [2.24, 2.45) is 5.41 Å². The zero-order valence-electron chi connectivity index (χ0n) is 29.6. The Hall–Kier alpha value is -4.32. The summed E-state index contributed by atoms with van der Waals surface area (Å²) in [5.74, 6) is 1.32. The predicted molar refractivity (Wildman–Crippen MR) is 190 cm³/mol. The number of piperazine rings is 1. The van der Waals surface area contributed by atoms with Gasteiger partial charge >= 0.3 is 12.2 Å². The Bertz CT molecular complexity index is 2130. The second kappa shape index (κ2) is 13.2. The standard InChI is InChI=1S/C39H41F5N6O3/c1-4-23-19-50-24(18-45-23)7-9-29-31-34(32(41)33(46-29)27-17-25(51)16-22-6-8-28(40)26(5-2)30(22)27)47-36(48-35(31)50)53-21-37(10-11-37)20-49-14-12-38(52-3,13-15-49)39(42,43)44/h2,6,8,16-17,23-24,45,51H,4,7,9-15,18-21H2,1,3H3/t23-,24-/m1/s1. The molecule has 0 unspecified atom stereocenters. The van der Waals surface area contributed by atoms with Crippen molar-refractivity contribution in [2.75, 3.05) is 51.3 Å². The van der Waals surface area contributed by atoms with E-state index in [0.29, 0.717) is 54.8 Å². The number of phenols is 1. The number of pyridine rings is 1. The number of anilines is 1. The highest BCUT2D eigenvalue weighted by atomic mass is 19.4. The van der Waals surface area contributed by atoms with Gasteiger partial charge in [-0.15, -0.1) is 6.42 Å². The fourth-order valence-corrected chi connectivity index (χ4v) is 8.44. The Balaban J connectivity index is 1.18. The molecule has 1 aliphatic carbocycles. The van der Waals surface area contributed by atoms with Crippen molar-refractivity contribution < 1.29 is 36.5 Å². The van der Waals surface area contributed by atoms with Crippen molar-refractivity contribution in [1.29, 1.82) is 0 Å². The third-order valence-corrected chi connectivity index (χ3v) is 11.8. The molecule has 2 atom stereocenters. The maximum atomic E-state index is 17.2. The van der Waals surface area contributed by atoms with Crippen LogP contribution in [0.25, 0.3) is 32.9 Å². The van der Waals surface area contributed by atoms with E-state index >= 15 is 8.78 Å². The number of piperidine rings is 1. The first kappa shape index (κ1) is 35.7. The van der Waals surface area contributed by atoms with Crippen LogP contribution in [0.15, 0.2) is 24.3 Å². The highest BCUT2D eigenvalue weighted by Crippen LogP contribution is 2.49. The lowest BCUT2D eigenvalue weighted by Gasteiger charge is -2.42. The number of benzene rings is 2. The molecule has 0 radical (unpaired) electrons. The van der Waals surface area contributed by atoms with Crippen LogP contribution < -0.4 is 15.0 Å². The zero-order chi connectivity index (χ0) is 37.3. The van der Waals surface area contributed by atoms with Crippen molar-refractivity contribution in [3.8, 4) is 35.4 Å². The van der Waals surface area contributed by atoms with Gasteiger partial charge in [0.15, 0.2) is 11.4 Å². The topological polar surface area (TPSA) is 95.9 Å². The van der Waals surface area contributed by atoms with E-state index in [0.717, 1.165) is 26.4 Å². The molecule has 2 aromatic carbocycles. The number of halogens is 5. The molecule has 0 amide bonds. The molecule has 2 aromatic heterocycles. The van der Waals surface area contributed by atoms with Crippen LogP contribution >= 0.6 is 0 Å². The SMILES string of the molecule is C#Cc1c(F)ccc2cc(O)cc(-c3nc4c5c(nc(OCC6(CN7CCC(OC)(C(F)(F)F)CC7)CC6)nc5c3F)N3C[C@@H](CC)NC[C@H]3CC4)c12. The Labute approximate surface area is 303 Å². The molecule has 2 N–H and O–H groups in total. The summed E-state index contributed by atoms with van der Waals surface area (Å²) in [6.07, 6.45) is 4.72. The van der Waals surface area contributed by atoms with Crippen LogP contribution in [-0.4, -0.2) is 95.3 Å². The fraction of sp³-hybridized carbons (Fsp3) is 0.513. The van der Waals surface area contributed by atoms with Crippen LogP contribution in [0.4, 0.5) is 27.8 Å². The maximum absolute atomic E-state index is 17.2. The van der Waals surface area contributed by atoms with E-state index in [2.05, 4.69) is 28.0 Å². The van der Waals surface area contributed by atoms with Gasteiger partial charge in [-0.25, -0.2) is 13.8 Å². The summed E-state index contributed by atoms with van der Waals surface area (Å²) in [6.45, 7) is 4.68. The maximum Gasteiger partial charge on any atom is 0.417 e. The molecule has 14 heteroatoms. The van der Waals surface area contributed by atoms with Gasteiger partial charge in [0.1, 0.15) is 28.6 Å². The molecule has 1 saturated carbocycles. The summed E-state index contributed by atoms with van der Waals surface area (Å²) in [6, 6.07) is 5.68. The van der Waals surface area contributed by atoms with Gasteiger partial charge < -0.3 is 29.7 Å². The minimum atomic E-state index is -4.44. The summed E-state index contributed by atoms with van der Waals surface area (Å²) >= 11 is 0. The Morgan fingerprint density at radius 2 is 1.85 bits per heavy atom. The summed E-state index contributed by atoms with van der Waals surface area (Å²) in [5.41, 5.74) is -1.91. The van der Waals surface area contributed by atoms with Gasteiger partial charge in [-0.3, -0.25) is 0 Å². The number of nitrogens with one attached hydrogen (secondary N) is 1. The molecular formula is C39H41F5N6O3. The van der Waals surface area contributed by atoms with E-state index in [-0.39, 0.29) is 89.5 Å². The molecule has 5 heterocycles. The van der Waals surface area contributed by atoms with E-state index in [9.17, 15) is 18.3 Å². The number of ether oxygens (including phenoxy) is 2. The number of aryl methyl sites for hydroxylation is 1. The smallest absolute Gasteiger partial charge is 0.417 e. The summed E-state index contributed by atoms with van der Waals surface area (Å²) in [5, 5.41) is 15.5. The molecule has 4 aromatic rings. The lowest BCUT2D eigenvalue weighted by Crippen LogP contribution is -2.56. The number of nitrogens with zero attached hydrogens (tertiary/aromatic N) is 5. The second-order valence-corrected chi connectivity index (χ2v) is 15.1. The molecule has 0 spiro atoms. The number of terminal acetylenes is 1. The second-order valence-electron chi connectivity index (χ2n) is 15.1. The Kier molecular flexibility index (Phi) is 8.90. The number of fused-ring (bicyclic) bond motifs is 3. The fourth-order valence-electron chi connectivity index (χ4n) is 8.44. The van der Waals surface area contributed by atoms with E-state index < -0.39 is 23.4 Å². The molecule has 3 fully saturated rings. The van der Waals surface area contributed by atoms with Crippen LogP contribution in [0.3, 0.4) is 0 Å². The Morgan fingerprint density at radius 1 is 1.08 bits per heavy atom. The quantitative estimate of drug-likeness (QED) is 0.155. The van der Waals surface area contributed by atoms with Crippen LogP contribution in [-0.2, 0) is 11.2 Å². The largest absolute Gasteiger partial charge is 0.508 e. The van der Waals surface area contributed by atoms with Gasteiger partial charge in [-0.2, -0.15) is 23.1 Å². The number of aromatic hydroxyl groups is 1. The van der Waals surface area contributed by atoms with Crippen LogP contribution in [0.5, 0.6) is 11.8 Å². The number of hydrogen-bond acceptors (Lipinski definition) is 9. The lowest BCUT2D eigenvalue weighted by molar-refractivity contribution is -0.282. The number of methoxy groups -OCH3 is 1. The monoisotopic (exact) mass is 736 g/mol. The first-order chi connectivity index (χ1) is 25.4. The van der Waals surface area contributed by atoms with Crippen LogP contribution in [0, 0.1) is 29.4 Å². The van der Waals surface area contributed by atoms with Crippen molar-refractivity contribution >= 4 is 27.5 Å². The molecule has 3 aliphatic heterocycles. The van der Waals surface area contributed by atoms with Gasteiger partial charge in [0.2, 0.25) is 0 Å². The molecule has 4 aliphatic rings. The number of rotatable bonds is 8. The van der Waals surface area contributed by atoms with E-state index in [1.807, 2.05) is 4.90 Å². The minimum absolute atomic E-state index is 0.00341. The summed E-state index contributed by atoms with van der Waals surface area (Å²) < 4.78 is 84.9. The highest BCUT2D eigenvalue weighted by molar-refractivity contribution is 6.03. The number of hydrogen-bond donors (Lipinski definition) is 2. The van der Waals surface area contributed by atoms with Gasteiger partial charge in [0, 0.05) is 68.3 Å². The number of alkyl halides is 3. The van der Waals surface area contributed by atoms with Gasteiger partial charge in [-0.1, -0.05) is 18.9 Å². The number of phenolic OH excluding ortho intramolecular Hbond substituents is 1. The molecular weight excluding hydrogens is 695 g/mol. The summed E-state index contributed by atoms with van der Waals surface area (Å²) in [7, 11) is 1.12. The molecule has 280 valence electrons. The zero-order valence-corrected chi connectivity index (χ0v) is 29.6. The first-order valence-electron chi connectivity index (χ1n) is 18.2. The van der Waals surface area contributed by atoms with E-state index in [1.54, 1.807) is 0 Å². The van der Waals surface area contributed by atoms with Crippen molar-refractivity contribution in [2.45, 2.75) is 75.7 Å². The molecule has 8 rings (SSSR count). The van der Waals surface area contributed by atoms with Gasteiger partial charge in [-0.05, 0) is 68.5 Å². The molecule has 9 nitrogen and oxygen atoms in total. The minimum Gasteiger partial charge on any atom is -0.508 e. The van der Waals surface area contributed by atoms with Crippen molar-refractivity contribution in [3.05, 3.63) is 47.2 Å². The predicted octanol–water partition coefficient (Wildman–Crippen LogP) is 6.52. The average Bonchev–Trinajstić information content (AvgIpc) is 3.94. The normalized spacial score (nSPS) is 22.3. The highest BCUT2D eigenvalue weighted by Gasteiger charge is 2.57. The number of aromatic nitrogens is 3. The third-order valence-electron chi connectivity index (χ3n) is 11.8. The van der Waals surface area contributed by atoms with Crippen LogP contribution in [0.2, 0.25) is 0 Å². The van der Waals surface area contributed by atoms with Crippen molar-refractivity contribution in [1.82, 2.24) is 25.2 Å². The molecule has 0 bridgehead atoms. The summed E-state index contributed by atoms with van der Waals surface area (Å²) in [4.78, 5) is 18.6.